The minimum atomic E-state index is -0.259. The van der Waals surface area contributed by atoms with Gasteiger partial charge < -0.3 is 14.6 Å². The number of carbonyl (C=O) groups excluding carboxylic acids is 2. The Morgan fingerprint density at radius 3 is 3.00 bits per heavy atom. The third kappa shape index (κ3) is 3.51. The summed E-state index contributed by atoms with van der Waals surface area (Å²) < 4.78 is 5.19. The zero-order valence-electron chi connectivity index (χ0n) is 13.7. The maximum absolute atomic E-state index is 12.3. The van der Waals surface area contributed by atoms with Crippen molar-refractivity contribution >= 4 is 40.6 Å². The summed E-state index contributed by atoms with van der Waals surface area (Å²) in [4.78, 5) is 31.7. The van der Waals surface area contributed by atoms with Gasteiger partial charge in [-0.05, 0) is 24.3 Å². The molecule has 2 aromatic heterocycles. The molecular weight excluding hydrogens is 370 g/mol. The molecule has 0 bridgehead atoms. The van der Waals surface area contributed by atoms with Crippen molar-refractivity contribution in [1.29, 1.82) is 0 Å². The van der Waals surface area contributed by atoms with Crippen molar-refractivity contribution in [3.05, 3.63) is 64.5 Å². The summed E-state index contributed by atoms with van der Waals surface area (Å²) in [5.41, 5.74) is 1.25. The summed E-state index contributed by atoms with van der Waals surface area (Å²) in [5, 5.41) is 5.21. The van der Waals surface area contributed by atoms with Crippen LogP contribution in [0.1, 0.15) is 21.3 Å². The Labute approximate surface area is 158 Å². The molecule has 1 aliphatic heterocycles. The van der Waals surface area contributed by atoms with E-state index in [1.807, 2.05) is 24.3 Å². The van der Waals surface area contributed by atoms with E-state index in [1.165, 1.54) is 11.3 Å². The Kier molecular flexibility index (Phi) is 4.77. The summed E-state index contributed by atoms with van der Waals surface area (Å²) in [5.74, 6) is 0.887. The first kappa shape index (κ1) is 16.9. The van der Waals surface area contributed by atoms with Crippen LogP contribution in [-0.2, 0) is 17.9 Å². The fourth-order valence-corrected chi connectivity index (χ4v) is 4.32. The molecular formula is C18H15N3O3S2. The van der Waals surface area contributed by atoms with Crippen molar-refractivity contribution < 1.29 is 14.0 Å². The number of thioether (sulfide) groups is 1. The second-order valence-electron chi connectivity index (χ2n) is 5.62. The third-order valence-corrected chi connectivity index (χ3v) is 5.77. The summed E-state index contributed by atoms with van der Waals surface area (Å²) in [6.45, 7) is 0.681. The number of fused-ring (bicyclic) bond motifs is 1. The highest BCUT2D eigenvalue weighted by Gasteiger charge is 2.25. The average Bonchev–Trinajstić information content (AvgIpc) is 3.34. The molecule has 2 amide bonds. The predicted octanol–water partition coefficient (Wildman–Crippen LogP) is 3.31. The van der Waals surface area contributed by atoms with Gasteiger partial charge in [0.25, 0.3) is 5.91 Å². The van der Waals surface area contributed by atoms with Gasteiger partial charge in [-0.2, -0.15) is 0 Å². The molecule has 1 N–H and O–H groups in total. The molecule has 3 heterocycles. The van der Waals surface area contributed by atoms with E-state index >= 15 is 0 Å². The quantitative estimate of drug-likeness (QED) is 0.729. The number of amides is 2. The van der Waals surface area contributed by atoms with Crippen LogP contribution in [0.3, 0.4) is 0 Å². The van der Waals surface area contributed by atoms with Gasteiger partial charge in [0.1, 0.15) is 16.5 Å². The second-order valence-corrected chi connectivity index (χ2v) is 7.58. The van der Waals surface area contributed by atoms with Crippen molar-refractivity contribution in [1.82, 2.24) is 10.3 Å². The van der Waals surface area contributed by atoms with Gasteiger partial charge in [-0.15, -0.1) is 23.1 Å². The van der Waals surface area contributed by atoms with Crippen molar-refractivity contribution in [3.8, 4) is 0 Å². The molecule has 8 heteroatoms. The lowest BCUT2D eigenvalue weighted by Gasteiger charge is -2.28. The fourth-order valence-electron chi connectivity index (χ4n) is 2.62. The number of thiazole rings is 1. The smallest absolute Gasteiger partial charge is 0.271 e. The van der Waals surface area contributed by atoms with Crippen LogP contribution in [-0.4, -0.2) is 22.6 Å². The second kappa shape index (κ2) is 7.35. The number of carbonyl (C=O) groups is 2. The monoisotopic (exact) mass is 385 g/mol. The third-order valence-electron chi connectivity index (χ3n) is 3.89. The number of rotatable bonds is 5. The van der Waals surface area contributed by atoms with Gasteiger partial charge >= 0.3 is 0 Å². The van der Waals surface area contributed by atoms with Crippen molar-refractivity contribution in [2.24, 2.45) is 0 Å². The van der Waals surface area contributed by atoms with Crippen LogP contribution >= 0.6 is 23.1 Å². The number of nitrogens with zero attached hydrogens (tertiary/aromatic N) is 2. The zero-order chi connectivity index (χ0) is 17.9. The van der Waals surface area contributed by atoms with Gasteiger partial charge in [0.05, 0.1) is 30.8 Å². The molecule has 0 spiro atoms. The number of nitrogens with one attached hydrogen (secondary N) is 1. The SMILES string of the molecule is O=C(NCc1ccco1)c1csc(CN2C(=O)CSc3ccccc32)n1. The van der Waals surface area contributed by atoms with E-state index in [0.29, 0.717) is 30.3 Å². The van der Waals surface area contributed by atoms with E-state index in [4.69, 9.17) is 4.42 Å². The van der Waals surface area contributed by atoms with Gasteiger partial charge in [-0.25, -0.2) is 4.98 Å². The molecule has 1 aliphatic rings. The first-order valence-electron chi connectivity index (χ1n) is 7.98. The normalized spacial score (nSPS) is 13.5. The zero-order valence-corrected chi connectivity index (χ0v) is 15.3. The number of anilines is 1. The molecule has 1 aromatic carbocycles. The number of benzene rings is 1. The average molecular weight is 385 g/mol. The molecule has 0 unspecified atom stereocenters. The van der Waals surface area contributed by atoms with Crippen LogP contribution in [0.5, 0.6) is 0 Å². The minimum absolute atomic E-state index is 0.0488. The van der Waals surface area contributed by atoms with Crippen LogP contribution in [0.2, 0.25) is 0 Å². The van der Waals surface area contributed by atoms with Crippen LogP contribution in [0.4, 0.5) is 5.69 Å². The highest BCUT2D eigenvalue weighted by molar-refractivity contribution is 8.00. The largest absolute Gasteiger partial charge is 0.467 e. The van der Waals surface area contributed by atoms with E-state index in [0.717, 1.165) is 15.6 Å². The number of furan rings is 1. The lowest BCUT2D eigenvalue weighted by molar-refractivity contribution is -0.116. The summed E-state index contributed by atoms with van der Waals surface area (Å²) in [6.07, 6.45) is 1.56. The molecule has 0 saturated heterocycles. The molecule has 0 radical (unpaired) electrons. The first-order chi connectivity index (χ1) is 12.7. The van der Waals surface area contributed by atoms with Gasteiger partial charge in [-0.3, -0.25) is 9.59 Å². The Morgan fingerprint density at radius 1 is 1.27 bits per heavy atom. The number of para-hydroxylation sites is 1. The molecule has 4 rings (SSSR count). The van der Waals surface area contributed by atoms with Crippen LogP contribution in [0.25, 0.3) is 0 Å². The van der Waals surface area contributed by atoms with Crippen LogP contribution in [0.15, 0.2) is 57.4 Å². The Bertz CT molecular complexity index is 937. The Hall–Kier alpha value is -2.58. The highest BCUT2D eigenvalue weighted by atomic mass is 32.2. The molecule has 0 fully saturated rings. The van der Waals surface area contributed by atoms with E-state index in [-0.39, 0.29) is 11.8 Å². The number of hydrogen-bond acceptors (Lipinski definition) is 6. The maximum Gasteiger partial charge on any atom is 0.271 e. The summed E-state index contributed by atoms with van der Waals surface area (Å²) in [7, 11) is 0. The molecule has 0 saturated carbocycles. The number of aromatic nitrogens is 1. The van der Waals surface area contributed by atoms with Crippen molar-refractivity contribution in [2.45, 2.75) is 18.0 Å². The first-order valence-corrected chi connectivity index (χ1v) is 9.84. The predicted molar refractivity (Wildman–Crippen MR) is 100 cm³/mol. The van der Waals surface area contributed by atoms with Gasteiger partial charge in [-0.1, -0.05) is 12.1 Å². The summed E-state index contributed by atoms with van der Waals surface area (Å²) >= 11 is 2.92. The lowest BCUT2D eigenvalue weighted by atomic mass is 10.2. The topological polar surface area (TPSA) is 75.4 Å². The van der Waals surface area contributed by atoms with E-state index in [1.54, 1.807) is 40.4 Å². The molecule has 0 aliphatic carbocycles. The Balaban J connectivity index is 1.45. The number of hydrogen-bond donors (Lipinski definition) is 1. The Morgan fingerprint density at radius 2 is 2.15 bits per heavy atom. The molecule has 0 atom stereocenters. The molecule has 132 valence electrons. The maximum atomic E-state index is 12.3. The minimum Gasteiger partial charge on any atom is -0.467 e. The molecule has 6 nitrogen and oxygen atoms in total. The van der Waals surface area contributed by atoms with Gasteiger partial charge in [0, 0.05) is 10.3 Å². The standard InChI is InChI=1S/C18H15N3O3S2/c22-17-11-25-15-6-2-1-5-14(15)21(17)9-16-20-13(10-26-16)18(23)19-8-12-4-3-7-24-12/h1-7,10H,8-9,11H2,(H,19,23). The van der Waals surface area contributed by atoms with E-state index < -0.39 is 0 Å². The highest BCUT2D eigenvalue weighted by Crippen LogP contribution is 2.35. The molecule has 26 heavy (non-hydrogen) atoms. The van der Waals surface area contributed by atoms with Crippen LogP contribution < -0.4 is 10.2 Å². The molecule has 3 aromatic rings. The van der Waals surface area contributed by atoms with Crippen molar-refractivity contribution in [3.63, 3.8) is 0 Å². The van der Waals surface area contributed by atoms with Crippen molar-refractivity contribution in [2.75, 3.05) is 10.7 Å². The van der Waals surface area contributed by atoms with Gasteiger partial charge in [0.15, 0.2) is 0 Å². The van der Waals surface area contributed by atoms with E-state index in [2.05, 4.69) is 10.3 Å². The summed E-state index contributed by atoms with van der Waals surface area (Å²) in [6, 6.07) is 11.4. The van der Waals surface area contributed by atoms with E-state index in [9.17, 15) is 9.59 Å². The van der Waals surface area contributed by atoms with Gasteiger partial charge in [0.2, 0.25) is 5.91 Å². The lowest BCUT2D eigenvalue weighted by Crippen LogP contribution is -2.34. The fraction of sp³-hybridized carbons (Fsp3) is 0.167. The van der Waals surface area contributed by atoms with Crippen LogP contribution in [0, 0.1) is 0 Å².